The van der Waals surface area contributed by atoms with Crippen LogP contribution in [0.15, 0.2) is 48.7 Å². The molecule has 0 spiro atoms. The van der Waals surface area contributed by atoms with E-state index in [0.29, 0.717) is 18.8 Å². The standard InChI is InChI=1S/C19H24N4O2/c1-4-23(5-2)19(25)22-16-11-9-15(10-12-16)14(3)21-18(24)17-8-6-7-13-20-17/h6-14H,4-5H2,1-3H3,(H,21,24)(H,22,25)/t14-/m1/s1. The molecule has 0 unspecified atom stereocenters. The van der Waals surface area contributed by atoms with Gasteiger partial charge in [0.15, 0.2) is 0 Å². The van der Waals surface area contributed by atoms with E-state index in [-0.39, 0.29) is 18.0 Å². The van der Waals surface area contributed by atoms with E-state index in [1.807, 2.05) is 45.0 Å². The summed E-state index contributed by atoms with van der Waals surface area (Å²) in [5.41, 5.74) is 2.06. The van der Waals surface area contributed by atoms with Crippen LogP contribution in [0.3, 0.4) is 0 Å². The molecule has 25 heavy (non-hydrogen) atoms. The van der Waals surface area contributed by atoms with Gasteiger partial charge in [-0.2, -0.15) is 0 Å². The van der Waals surface area contributed by atoms with E-state index in [9.17, 15) is 9.59 Å². The number of nitrogens with zero attached hydrogens (tertiary/aromatic N) is 2. The highest BCUT2D eigenvalue weighted by atomic mass is 16.2. The van der Waals surface area contributed by atoms with Crippen LogP contribution in [0.4, 0.5) is 10.5 Å². The zero-order chi connectivity index (χ0) is 18.2. The van der Waals surface area contributed by atoms with Crippen LogP contribution in [0, 0.1) is 0 Å². The number of hydrogen-bond donors (Lipinski definition) is 2. The highest BCUT2D eigenvalue weighted by molar-refractivity contribution is 5.92. The van der Waals surface area contributed by atoms with Gasteiger partial charge in [-0.05, 0) is 50.6 Å². The summed E-state index contributed by atoms with van der Waals surface area (Å²) in [6.45, 7) is 7.12. The van der Waals surface area contributed by atoms with Crippen molar-refractivity contribution in [2.45, 2.75) is 26.8 Å². The van der Waals surface area contributed by atoms with E-state index in [2.05, 4.69) is 15.6 Å². The Hall–Kier alpha value is -2.89. The van der Waals surface area contributed by atoms with Crippen molar-refractivity contribution in [3.8, 4) is 0 Å². The molecule has 1 aromatic carbocycles. The maximum absolute atomic E-state index is 12.1. The van der Waals surface area contributed by atoms with E-state index in [0.717, 1.165) is 11.3 Å². The monoisotopic (exact) mass is 340 g/mol. The van der Waals surface area contributed by atoms with Crippen LogP contribution >= 0.6 is 0 Å². The molecule has 6 heteroatoms. The average Bonchev–Trinajstić information content (AvgIpc) is 2.64. The molecule has 1 aromatic heterocycles. The number of aromatic nitrogens is 1. The van der Waals surface area contributed by atoms with E-state index in [1.54, 1.807) is 29.3 Å². The smallest absolute Gasteiger partial charge is 0.321 e. The summed E-state index contributed by atoms with van der Waals surface area (Å²) in [5.74, 6) is -0.216. The molecular weight excluding hydrogens is 316 g/mol. The Labute approximate surface area is 148 Å². The number of pyridine rings is 1. The van der Waals surface area contributed by atoms with Gasteiger partial charge in [0, 0.05) is 25.0 Å². The number of benzene rings is 1. The molecule has 3 amide bonds. The summed E-state index contributed by atoms with van der Waals surface area (Å²) in [7, 11) is 0. The van der Waals surface area contributed by atoms with Gasteiger partial charge < -0.3 is 15.5 Å². The molecule has 0 saturated carbocycles. The van der Waals surface area contributed by atoms with Crippen molar-refractivity contribution in [2.75, 3.05) is 18.4 Å². The number of carbonyl (C=O) groups is 2. The quantitative estimate of drug-likeness (QED) is 0.846. The minimum Gasteiger partial charge on any atom is -0.344 e. The fraction of sp³-hybridized carbons (Fsp3) is 0.316. The lowest BCUT2D eigenvalue weighted by molar-refractivity contribution is 0.0935. The molecule has 1 heterocycles. The Morgan fingerprint density at radius 2 is 1.76 bits per heavy atom. The molecule has 2 aromatic rings. The highest BCUT2D eigenvalue weighted by Crippen LogP contribution is 2.17. The lowest BCUT2D eigenvalue weighted by Gasteiger charge is -2.19. The zero-order valence-corrected chi connectivity index (χ0v) is 14.8. The summed E-state index contributed by atoms with van der Waals surface area (Å²) in [4.78, 5) is 29.9. The van der Waals surface area contributed by atoms with Crippen molar-refractivity contribution < 1.29 is 9.59 Å². The van der Waals surface area contributed by atoms with Crippen LogP contribution in [-0.2, 0) is 0 Å². The van der Waals surface area contributed by atoms with E-state index >= 15 is 0 Å². The maximum atomic E-state index is 12.1. The van der Waals surface area contributed by atoms with E-state index in [1.165, 1.54) is 0 Å². The molecule has 0 fully saturated rings. The minimum atomic E-state index is -0.216. The second-order valence-electron chi connectivity index (χ2n) is 5.63. The molecule has 132 valence electrons. The van der Waals surface area contributed by atoms with Crippen molar-refractivity contribution >= 4 is 17.6 Å². The summed E-state index contributed by atoms with van der Waals surface area (Å²) in [6, 6.07) is 12.4. The topological polar surface area (TPSA) is 74.3 Å². The van der Waals surface area contributed by atoms with E-state index in [4.69, 9.17) is 0 Å². The highest BCUT2D eigenvalue weighted by Gasteiger charge is 2.13. The van der Waals surface area contributed by atoms with Crippen LogP contribution in [0.25, 0.3) is 0 Å². The van der Waals surface area contributed by atoms with Crippen LogP contribution in [0.1, 0.15) is 42.9 Å². The molecule has 0 aliphatic heterocycles. The second kappa shape index (κ2) is 8.82. The Morgan fingerprint density at radius 1 is 1.08 bits per heavy atom. The normalized spacial score (nSPS) is 11.5. The van der Waals surface area contributed by atoms with E-state index < -0.39 is 0 Å². The summed E-state index contributed by atoms with van der Waals surface area (Å²) >= 11 is 0. The number of urea groups is 1. The van der Waals surface area contributed by atoms with Gasteiger partial charge in [0.25, 0.3) is 5.91 Å². The van der Waals surface area contributed by atoms with Gasteiger partial charge in [0.2, 0.25) is 0 Å². The fourth-order valence-electron chi connectivity index (χ4n) is 2.42. The number of hydrogen-bond acceptors (Lipinski definition) is 3. The molecule has 2 rings (SSSR count). The lowest BCUT2D eigenvalue weighted by atomic mass is 10.1. The van der Waals surface area contributed by atoms with Gasteiger partial charge in [-0.25, -0.2) is 4.79 Å². The Morgan fingerprint density at radius 3 is 2.32 bits per heavy atom. The average molecular weight is 340 g/mol. The molecule has 2 N–H and O–H groups in total. The van der Waals surface area contributed by atoms with Gasteiger partial charge >= 0.3 is 6.03 Å². The van der Waals surface area contributed by atoms with Crippen molar-refractivity contribution in [1.82, 2.24) is 15.2 Å². The number of nitrogens with one attached hydrogen (secondary N) is 2. The van der Waals surface area contributed by atoms with Crippen molar-refractivity contribution in [3.63, 3.8) is 0 Å². The Bertz CT molecular complexity index is 697. The first kappa shape index (κ1) is 18.4. The SMILES string of the molecule is CCN(CC)C(=O)Nc1ccc([C@@H](C)NC(=O)c2ccccn2)cc1. The number of anilines is 1. The Kier molecular flexibility index (Phi) is 6.51. The molecule has 0 radical (unpaired) electrons. The van der Waals surface area contributed by atoms with Gasteiger partial charge in [0.1, 0.15) is 5.69 Å². The van der Waals surface area contributed by atoms with Crippen LogP contribution in [0.5, 0.6) is 0 Å². The third-order valence-corrected chi connectivity index (χ3v) is 3.96. The third-order valence-electron chi connectivity index (χ3n) is 3.96. The van der Waals surface area contributed by atoms with Gasteiger partial charge in [0.05, 0.1) is 6.04 Å². The summed E-state index contributed by atoms with van der Waals surface area (Å²) in [5, 5.41) is 5.78. The van der Waals surface area contributed by atoms with Crippen LogP contribution in [-0.4, -0.2) is 34.9 Å². The lowest BCUT2D eigenvalue weighted by Crippen LogP contribution is -2.34. The third kappa shape index (κ3) is 5.04. The second-order valence-corrected chi connectivity index (χ2v) is 5.63. The first-order valence-electron chi connectivity index (χ1n) is 8.43. The number of amides is 3. The number of carbonyl (C=O) groups excluding carboxylic acids is 2. The summed E-state index contributed by atoms with van der Waals surface area (Å²) < 4.78 is 0. The van der Waals surface area contributed by atoms with Gasteiger partial charge in [-0.15, -0.1) is 0 Å². The Balaban J connectivity index is 1.97. The van der Waals surface area contributed by atoms with Gasteiger partial charge in [-0.3, -0.25) is 9.78 Å². The molecule has 0 aliphatic rings. The minimum absolute atomic E-state index is 0.116. The first-order chi connectivity index (χ1) is 12.0. The predicted molar refractivity (Wildman–Crippen MR) is 98.5 cm³/mol. The first-order valence-corrected chi connectivity index (χ1v) is 8.43. The van der Waals surface area contributed by atoms with Crippen LogP contribution in [0.2, 0.25) is 0 Å². The van der Waals surface area contributed by atoms with Gasteiger partial charge in [-0.1, -0.05) is 18.2 Å². The predicted octanol–water partition coefficient (Wildman–Crippen LogP) is 3.45. The molecule has 0 saturated heterocycles. The molecule has 0 bridgehead atoms. The number of rotatable bonds is 6. The van der Waals surface area contributed by atoms with Crippen molar-refractivity contribution in [3.05, 3.63) is 59.9 Å². The largest absolute Gasteiger partial charge is 0.344 e. The molecule has 1 atom stereocenters. The summed E-state index contributed by atoms with van der Waals surface area (Å²) in [6.07, 6.45) is 1.59. The molecule has 0 aliphatic carbocycles. The van der Waals surface area contributed by atoms with Crippen molar-refractivity contribution in [1.29, 1.82) is 0 Å². The molecule has 6 nitrogen and oxygen atoms in total. The fourth-order valence-corrected chi connectivity index (χ4v) is 2.42. The van der Waals surface area contributed by atoms with Crippen LogP contribution < -0.4 is 10.6 Å². The molecular formula is C19H24N4O2. The maximum Gasteiger partial charge on any atom is 0.321 e. The zero-order valence-electron chi connectivity index (χ0n) is 14.8. The van der Waals surface area contributed by atoms with Crippen molar-refractivity contribution in [2.24, 2.45) is 0 Å².